The zero-order chi connectivity index (χ0) is 26.0. The van der Waals surface area contributed by atoms with Gasteiger partial charge in [0, 0.05) is 24.0 Å². The standard InChI is InChI=1S/C21H33Cl2N2O9P/c22-13-4-5-18(15(23)9-13)33-7-1-3-19(28)24-6-2-8-34-35(31,32)12-14(27)10-16-20(29)21(30)17(11-26)25-16/h4-5,9,14,16-17,20-21,25-27,29-30H,1-3,6-8,10-12H2,(H,24,28)(H,31,32)/t14-,16-,17-,20-,21-/m1/s1. The first-order valence-electron chi connectivity index (χ1n) is 11.2. The number of aliphatic hydroxyl groups excluding tert-OH is 4. The van der Waals surface area contributed by atoms with E-state index >= 15 is 0 Å². The van der Waals surface area contributed by atoms with Crippen LogP contribution in [0.15, 0.2) is 18.2 Å². The topological polar surface area (TPSA) is 178 Å². The molecule has 0 spiro atoms. The van der Waals surface area contributed by atoms with Crippen LogP contribution in [-0.2, 0) is 13.9 Å². The van der Waals surface area contributed by atoms with Crippen molar-refractivity contribution in [3.63, 3.8) is 0 Å². The molecule has 1 aromatic rings. The van der Waals surface area contributed by atoms with E-state index in [9.17, 15) is 29.6 Å². The highest BCUT2D eigenvalue weighted by molar-refractivity contribution is 7.52. The number of hydrogen-bond acceptors (Lipinski definition) is 9. The summed E-state index contributed by atoms with van der Waals surface area (Å²) in [5.41, 5.74) is 0. The van der Waals surface area contributed by atoms with Crippen LogP contribution in [0, 0.1) is 0 Å². The van der Waals surface area contributed by atoms with Crippen molar-refractivity contribution in [2.24, 2.45) is 0 Å². The maximum atomic E-state index is 12.2. The minimum Gasteiger partial charge on any atom is -0.492 e. The van der Waals surface area contributed by atoms with Gasteiger partial charge < -0.3 is 45.2 Å². The quantitative estimate of drug-likeness (QED) is 0.119. The van der Waals surface area contributed by atoms with Crippen molar-refractivity contribution in [3.05, 3.63) is 28.2 Å². The first-order chi connectivity index (χ1) is 16.5. The Labute approximate surface area is 213 Å². The lowest BCUT2D eigenvalue weighted by Gasteiger charge is -2.21. The summed E-state index contributed by atoms with van der Waals surface area (Å²) in [4.78, 5) is 21.8. The second-order valence-corrected chi connectivity index (χ2v) is 11.1. The predicted molar refractivity (Wildman–Crippen MR) is 130 cm³/mol. The number of amides is 1. The van der Waals surface area contributed by atoms with E-state index in [1.165, 1.54) is 0 Å². The van der Waals surface area contributed by atoms with E-state index in [-0.39, 0.29) is 38.3 Å². The van der Waals surface area contributed by atoms with Gasteiger partial charge >= 0.3 is 7.60 Å². The summed E-state index contributed by atoms with van der Waals surface area (Å²) in [6.07, 6.45) is -3.36. The average Bonchev–Trinajstić information content (AvgIpc) is 3.04. The largest absolute Gasteiger partial charge is 0.492 e. The number of benzene rings is 1. The molecule has 0 bridgehead atoms. The molecule has 0 aromatic heterocycles. The van der Waals surface area contributed by atoms with Crippen molar-refractivity contribution in [3.8, 4) is 5.75 Å². The van der Waals surface area contributed by atoms with Crippen LogP contribution in [0.25, 0.3) is 0 Å². The van der Waals surface area contributed by atoms with Gasteiger partial charge in [-0.05, 0) is 37.5 Å². The molecule has 0 saturated carbocycles. The highest BCUT2D eigenvalue weighted by atomic mass is 35.5. The Morgan fingerprint density at radius 2 is 1.89 bits per heavy atom. The third-order valence-corrected chi connectivity index (χ3v) is 7.40. The second-order valence-electron chi connectivity index (χ2n) is 8.32. The lowest BCUT2D eigenvalue weighted by atomic mass is 10.0. The van der Waals surface area contributed by atoms with Crippen molar-refractivity contribution in [1.29, 1.82) is 0 Å². The van der Waals surface area contributed by atoms with Crippen LogP contribution < -0.4 is 15.4 Å². The van der Waals surface area contributed by atoms with E-state index < -0.39 is 50.8 Å². The van der Waals surface area contributed by atoms with E-state index in [1.54, 1.807) is 18.2 Å². The van der Waals surface area contributed by atoms with Crippen LogP contribution in [0.1, 0.15) is 25.7 Å². The van der Waals surface area contributed by atoms with Gasteiger partial charge in [-0.3, -0.25) is 9.36 Å². The Morgan fingerprint density at radius 1 is 1.17 bits per heavy atom. The summed E-state index contributed by atoms with van der Waals surface area (Å²) in [6, 6.07) is 3.40. The van der Waals surface area contributed by atoms with Crippen molar-refractivity contribution < 1.29 is 43.9 Å². The van der Waals surface area contributed by atoms with Crippen LogP contribution in [0.4, 0.5) is 0 Å². The van der Waals surface area contributed by atoms with Gasteiger partial charge in [-0.25, -0.2) is 0 Å². The van der Waals surface area contributed by atoms with Gasteiger partial charge in [0.05, 0.1) is 55.4 Å². The van der Waals surface area contributed by atoms with Gasteiger partial charge in [0.15, 0.2) is 0 Å². The monoisotopic (exact) mass is 558 g/mol. The molecule has 1 saturated heterocycles. The Bertz CT molecular complexity index is 866. The Hall–Kier alpha value is -0.980. The van der Waals surface area contributed by atoms with E-state index in [0.29, 0.717) is 28.8 Å². The summed E-state index contributed by atoms with van der Waals surface area (Å²) >= 11 is 11.8. The zero-order valence-electron chi connectivity index (χ0n) is 19.1. The molecular weight excluding hydrogens is 526 g/mol. The molecule has 1 aromatic carbocycles. The molecule has 1 aliphatic heterocycles. The summed E-state index contributed by atoms with van der Waals surface area (Å²) in [6.45, 7) is 0.0361. The first-order valence-corrected chi connectivity index (χ1v) is 13.8. The summed E-state index contributed by atoms with van der Waals surface area (Å²) in [7, 11) is -4.10. The van der Waals surface area contributed by atoms with Crippen LogP contribution in [0.2, 0.25) is 10.0 Å². The van der Waals surface area contributed by atoms with Crippen molar-refractivity contribution in [1.82, 2.24) is 10.6 Å². The van der Waals surface area contributed by atoms with E-state index in [2.05, 4.69) is 10.6 Å². The molecule has 6 atom stereocenters. The molecule has 1 aliphatic rings. The Morgan fingerprint density at radius 3 is 2.54 bits per heavy atom. The van der Waals surface area contributed by atoms with Gasteiger partial charge in [0.25, 0.3) is 0 Å². The number of carbonyl (C=O) groups is 1. The molecule has 7 N–H and O–H groups in total. The van der Waals surface area contributed by atoms with Gasteiger partial charge in [-0.2, -0.15) is 0 Å². The zero-order valence-corrected chi connectivity index (χ0v) is 21.5. The fourth-order valence-corrected chi connectivity index (χ4v) is 5.27. The maximum Gasteiger partial charge on any atom is 0.330 e. The molecule has 0 aliphatic carbocycles. The lowest BCUT2D eigenvalue weighted by Crippen LogP contribution is -2.38. The second kappa shape index (κ2) is 14.7. The number of rotatable bonds is 15. The molecule has 1 unspecified atom stereocenters. The van der Waals surface area contributed by atoms with Crippen LogP contribution >= 0.6 is 30.8 Å². The number of nitrogens with one attached hydrogen (secondary N) is 2. The summed E-state index contributed by atoms with van der Waals surface area (Å²) in [5, 5.41) is 45.3. The van der Waals surface area contributed by atoms with Gasteiger partial charge in [-0.15, -0.1) is 0 Å². The normalized spacial score (nSPS) is 24.7. The predicted octanol–water partition coefficient (Wildman–Crippen LogP) is 0.666. The molecule has 1 fully saturated rings. The smallest absolute Gasteiger partial charge is 0.330 e. The molecule has 2 rings (SSSR count). The molecule has 200 valence electrons. The fraction of sp³-hybridized carbons (Fsp3) is 0.667. The Balaban J connectivity index is 1.55. The minimum absolute atomic E-state index is 0.103. The van der Waals surface area contributed by atoms with Gasteiger partial charge in [-0.1, -0.05) is 23.2 Å². The van der Waals surface area contributed by atoms with Crippen molar-refractivity contribution >= 4 is 36.7 Å². The summed E-state index contributed by atoms with van der Waals surface area (Å²) in [5.74, 6) is 0.277. The molecule has 11 nitrogen and oxygen atoms in total. The maximum absolute atomic E-state index is 12.2. The van der Waals surface area contributed by atoms with Gasteiger partial charge in [0.2, 0.25) is 5.91 Å². The SMILES string of the molecule is O=C(CCCOc1ccc(Cl)cc1Cl)NCCCOP(=O)(O)C[C@H](O)C[C@H]1N[C@H](CO)[C@@H](O)[C@@H]1O. The fourth-order valence-electron chi connectivity index (χ4n) is 3.61. The van der Waals surface area contributed by atoms with Crippen LogP contribution in [-0.4, -0.2) is 94.1 Å². The highest BCUT2D eigenvalue weighted by Crippen LogP contribution is 2.43. The number of aliphatic hydroxyl groups is 4. The number of halogens is 2. The van der Waals surface area contributed by atoms with Crippen molar-refractivity contribution in [2.45, 2.75) is 56.1 Å². The minimum atomic E-state index is -4.10. The number of hydrogen-bond donors (Lipinski definition) is 7. The molecule has 1 amide bonds. The van der Waals surface area contributed by atoms with Crippen LogP contribution in [0.5, 0.6) is 5.75 Å². The van der Waals surface area contributed by atoms with E-state index in [0.717, 1.165) is 0 Å². The van der Waals surface area contributed by atoms with E-state index in [4.69, 9.17) is 37.6 Å². The van der Waals surface area contributed by atoms with E-state index in [1.807, 2.05) is 0 Å². The molecule has 1 heterocycles. The number of carbonyl (C=O) groups excluding carboxylic acids is 1. The average molecular weight is 559 g/mol. The lowest BCUT2D eigenvalue weighted by molar-refractivity contribution is -0.121. The van der Waals surface area contributed by atoms with Crippen molar-refractivity contribution in [2.75, 3.05) is 32.5 Å². The number of ether oxygens (including phenoxy) is 1. The molecule has 35 heavy (non-hydrogen) atoms. The summed E-state index contributed by atoms with van der Waals surface area (Å²) < 4.78 is 22.7. The van der Waals surface area contributed by atoms with Gasteiger partial charge in [0.1, 0.15) is 5.75 Å². The Kier molecular flexibility index (Phi) is 12.7. The molecule has 14 heteroatoms. The third kappa shape index (κ3) is 10.5. The third-order valence-electron chi connectivity index (χ3n) is 5.40. The first kappa shape index (κ1) is 30.2. The molecular formula is C21H33Cl2N2O9P. The molecule has 0 radical (unpaired) electrons. The highest BCUT2D eigenvalue weighted by Gasteiger charge is 2.41. The van der Waals surface area contributed by atoms with Crippen LogP contribution in [0.3, 0.4) is 0 Å².